The Labute approximate surface area is 148 Å². The highest BCUT2D eigenvalue weighted by molar-refractivity contribution is 6.05. The number of hydrogen-bond acceptors (Lipinski definition) is 3. The number of amides is 2. The Morgan fingerprint density at radius 2 is 1.60 bits per heavy atom. The largest absolute Gasteiger partial charge is 0.324 e. The molecule has 0 aliphatic carbocycles. The van der Waals surface area contributed by atoms with E-state index in [1.54, 1.807) is 30.3 Å². The van der Waals surface area contributed by atoms with Crippen molar-refractivity contribution in [3.63, 3.8) is 0 Å². The zero-order valence-corrected chi connectivity index (χ0v) is 14.9. The van der Waals surface area contributed by atoms with Crippen molar-refractivity contribution in [1.29, 1.82) is 0 Å². The summed E-state index contributed by atoms with van der Waals surface area (Å²) in [4.78, 5) is 24.6. The topological polar surface area (TPSA) is 84.2 Å². The van der Waals surface area contributed by atoms with Gasteiger partial charge in [0.2, 0.25) is 5.91 Å². The molecule has 2 amide bonds. The molecule has 0 radical (unpaired) electrons. The molecule has 0 bridgehead atoms. The van der Waals surface area contributed by atoms with Crippen LogP contribution in [0.4, 0.5) is 11.4 Å². The third kappa shape index (κ3) is 4.67. The van der Waals surface area contributed by atoms with Crippen molar-refractivity contribution in [2.75, 3.05) is 10.6 Å². The standard InChI is InChI=1S/C20H25N3O2/c1-4-13(2)18(21)20(25)23-17-12-8-11-16(14(17)3)22-19(24)15-9-6-5-7-10-15/h5-13,18H,4,21H2,1-3H3,(H,22,24)(H,23,25). The number of nitrogens with one attached hydrogen (secondary N) is 2. The fourth-order valence-corrected chi connectivity index (χ4v) is 2.42. The molecule has 2 aromatic carbocycles. The molecular formula is C20H25N3O2. The zero-order valence-electron chi connectivity index (χ0n) is 14.9. The molecule has 0 aliphatic heterocycles. The number of nitrogens with two attached hydrogens (primary N) is 1. The van der Waals surface area contributed by atoms with Crippen molar-refractivity contribution in [2.45, 2.75) is 33.2 Å². The van der Waals surface area contributed by atoms with E-state index in [9.17, 15) is 9.59 Å². The van der Waals surface area contributed by atoms with Crippen LogP contribution in [0.2, 0.25) is 0 Å². The number of carbonyl (C=O) groups is 2. The van der Waals surface area contributed by atoms with E-state index < -0.39 is 6.04 Å². The Hall–Kier alpha value is -2.66. The quantitative estimate of drug-likeness (QED) is 0.752. The molecule has 0 saturated heterocycles. The van der Waals surface area contributed by atoms with E-state index in [2.05, 4.69) is 10.6 Å². The molecule has 0 heterocycles. The first-order valence-corrected chi connectivity index (χ1v) is 8.46. The minimum atomic E-state index is -0.563. The van der Waals surface area contributed by atoms with Crippen molar-refractivity contribution in [3.8, 4) is 0 Å². The Kier molecular flexibility index (Phi) is 6.31. The van der Waals surface area contributed by atoms with Crippen LogP contribution < -0.4 is 16.4 Å². The molecule has 0 aromatic heterocycles. The van der Waals surface area contributed by atoms with E-state index in [1.165, 1.54) is 0 Å². The highest BCUT2D eigenvalue weighted by atomic mass is 16.2. The van der Waals surface area contributed by atoms with E-state index in [4.69, 9.17) is 5.73 Å². The van der Waals surface area contributed by atoms with Crippen LogP contribution in [0.15, 0.2) is 48.5 Å². The first-order chi connectivity index (χ1) is 11.9. The monoisotopic (exact) mass is 339 g/mol. The van der Waals surface area contributed by atoms with Gasteiger partial charge in [-0.2, -0.15) is 0 Å². The number of benzene rings is 2. The van der Waals surface area contributed by atoms with Gasteiger partial charge in [0.25, 0.3) is 5.91 Å². The average Bonchev–Trinajstić information content (AvgIpc) is 2.64. The van der Waals surface area contributed by atoms with Crippen LogP contribution >= 0.6 is 0 Å². The molecule has 5 nitrogen and oxygen atoms in total. The molecular weight excluding hydrogens is 314 g/mol. The van der Waals surface area contributed by atoms with Crippen molar-refractivity contribution in [3.05, 3.63) is 59.7 Å². The van der Waals surface area contributed by atoms with Crippen LogP contribution in [0, 0.1) is 12.8 Å². The Morgan fingerprint density at radius 1 is 1.00 bits per heavy atom. The Bertz CT molecular complexity index is 744. The average molecular weight is 339 g/mol. The number of rotatable bonds is 6. The third-order valence-corrected chi connectivity index (χ3v) is 4.44. The molecule has 5 heteroatoms. The minimum absolute atomic E-state index is 0.0984. The summed E-state index contributed by atoms with van der Waals surface area (Å²) < 4.78 is 0. The Balaban J connectivity index is 2.14. The fourth-order valence-electron chi connectivity index (χ4n) is 2.42. The summed E-state index contributed by atoms with van der Waals surface area (Å²) in [7, 11) is 0. The normalized spacial score (nSPS) is 13.0. The molecule has 2 rings (SSSR count). The predicted molar refractivity (Wildman–Crippen MR) is 102 cm³/mol. The lowest BCUT2D eigenvalue weighted by atomic mass is 9.99. The summed E-state index contributed by atoms with van der Waals surface area (Å²) in [6.45, 7) is 5.81. The molecule has 0 fully saturated rings. The number of hydrogen-bond donors (Lipinski definition) is 3. The number of anilines is 2. The van der Waals surface area contributed by atoms with Gasteiger partial charge in [-0.15, -0.1) is 0 Å². The fraction of sp³-hybridized carbons (Fsp3) is 0.300. The van der Waals surface area contributed by atoms with Gasteiger partial charge in [-0.05, 0) is 42.7 Å². The van der Waals surface area contributed by atoms with Gasteiger partial charge >= 0.3 is 0 Å². The molecule has 4 N–H and O–H groups in total. The summed E-state index contributed by atoms with van der Waals surface area (Å²) in [5, 5.41) is 5.75. The van der Waals surface area contributed by atoms with Crippen LogP contribution in [0.3, 0.4) is 0 Å². The van der Waals surface area contributed by atoms with Gasteiger partial charge in [-0.25, -0.2) is 0 Å². The Morgan fingerprint density at radius 3 is 2.20 bits per heavy atom. The lowest BCUT2D eigenvalue weighted by Crippen LogP contribution is -2.40. The molecule has 25 heavy (non-hydrogen) atoms. The molecule has 2 unspecified atom stereocenters. The van der Waals surface area contributed by atoms with E-state index in [0.29, 0.717) is 16.9 Å². The maximum atomic E-state index is 12.3. The first-order valence-electron chi connectivity index (χ1n) is 8.46. The summed E-state index contributed by atoms with van der Waals surface area (Å²) in [6.07, 6.45) is 0.834. The highest BCUT2D eigenvalue weighted by Gasteiger charge is 2.20. The molecule has 2 atom stereocenters. The van der Waals surface area contributed by atoms with E-state index in [-0.39, 0.29) is 17.7 Å². The van der Waals surface area contributed by atoms with Gasteiger partial charge < -0.3 is 16.4 Å². The molecule has 2 aromatic rings. The summed E-state index contributed by atoms with van der Waals surface area (Å²) in [5.74, 6) is -0.311. The summed E-state index contributed by atoms with van der Waals surface area (Å²) in [6, 6.07) is 13.8. The smallest absolute Gasteiger partial charge is 0.255 e. The van der Waals surface area contributed by atoms with Crippen LogP contribution in [-0.2, 0) is 4.79 Å². The van der Waals surface area contributed by atoms with Crippen LogP contribution in [0.25, 0.3) is 0 Å². The van der Waals surface area contributed by atoms with Crippen molar-refractivity contribution in [1.82, 2.24) is 0 Å². The number of carbonyl (C=O) groups excluding carboxylic acids is 2. The van der Waals surface area contributed by atoms with Gasteiger partial charge in [-0.1, -0.05) is 44.5 Å². The SMILES string of the molecule is CCC(C)C(N)C(=O)Nc1cccc(NC(=O)c2ccccc2)c1C. The van der Waals surface area contributed by atoms with Gasteiger partial charge in [0.1, 0.15) is 0 Å². The van der Waals surface area contributed by atoms with Gasteiger partial charge in [-0.3, -0.25) is 9.59 Å². The van der Waals surface area contributed by atoms with Crippen LogP contribution in [0.5, 0.6) is 0 Å². The van der Waals surface area contributed by atoms with E-state index >= 15 is 0 Å². The summed E-state index contributed by atoms with van der Waals surface area (Å²) >= 11 is 0. The van der Waals surface area contributed by atoms with Gasteiger partial charge in [0.05, 0.1) is 6.04 Å². The van der Waals surface area contributed by atoms with Crippen molar-refractivity contribution >= 4 is 23.2 Å². The molecule has 0 saturated carbocycles. The zero-order chi connectivity index (χ0) is 18.4. The maximum Gasteiger partial charge on any atom is 0.255 e. The van der Waals surface area contributed by atoms with Gasteiger partial charge in [0.15, 0.2) is 0 Å². The molecule has 0 aliphatic rings. The third-order valence-electron chi connectivity index (χ3n) is 4.44. The second-order valence-corrected chi connectivity index (χ2v) is 6.20. The highest BCUT2D eigenvalue weighted by Crippen LogP contribution is 2.24. The lowest BCUT2D eigenvalue weighted by Gasteiger charge is -2.19. The lowest BCUT2D eigenvalue weighted by molar-refractivity contribution is -0.118. The van der Waals surface area contributed by atoms with Gasteiger partial charge in [0, 0.05) is 16.9 Å². The summed E-state index contributed by atoms with van der Waals surface area (Å²) in [5.41, 5.74) is 8.65. The van der Waals surface area contributed by atoms with Crippen LogP contribution in [-0.4, -0.2) is 17.9 Å². The first kappa shape index (κ1) is 18.7. The van der Waals surface area contributed by atoms with Crippen molar-refractivity contribution < 1.29 is 9.59 Å². The maximum absolute atomic E-state index is 12.3. The van der Waals surface area contributed by atoms with Crippen molar-refractivity contribution in [2.24, 2.45) is 11.7 Å². The second-order valence-electron chi connectivity index (χ2n) is 6.20. The minimum Gasteiger partial charge on any atom is -0.324 e. The van der Waals surface area contributed by atoms with Crippen LogP contribution in [0.1, 0.15) is 36.2 Å². The van der Waals surface area contributed by atoms with E-state index in [1.807, 2.05) is 39.0 Å². The molecule has 0 spiro atoms. The van der Waals surface area contributed by atoms with E-state index in [0.717, 1.165) is 12.0 Å². The second kappa shape index (κ2) is 8.44. The molecule has 132 valence electrons. The predicted octanol–water partition coefficient (Wildman–Crippen LogP) is 3.56.